The molecule has 34 heavy (non-hydrogen) atoms. The summed E-state index contributed by atoms with van der Waals surface area (Å²) >= 11 is 0. The van der Waals surface area contributed by atoms with Gasteiger partial charge in [-0.2, -0.15) is 0 Å². The van der Waals surface area contributed by atoms with Crippen LogP contribution in [0, 0.1) is 29.6 Å². The number of aliphatic hydroxyl groups is 1. The molecule has 176 valence electrons. The number of ether oxygens (including phenoxy) is 1. The average molecular weight is 461 g/mol. The van der Waals surface area contributed by atoms with Crippen LogP contribution in [0.3, 0.4) is 0 Å². The minimum atomic E-state index is -0.661. The predicted octanol–water partition coefficient (Wildman–Crippen LogP) is 3.89. The van der Waals surface area contributed by atoms with E-state index in [9.17, 15) is 9.90 Å². The molecule has 8 heteroatoms. The lowest BCUT2D eigenvalue weighted by molar-refractivity contribution is 0.127. The third-order valence-electron chi connectivity index (χ3n) is 6.84. The molecule has 1 N–H and O–H groups in total. The molecule has 1 unspecified atom stereocenters. The van der Waals surface area contributed by atoms with Gasteiger partial charge >= 0.3 is 6.09 Å². The molecule has 2 fully saturated rings. The Morgan fingerprint density at radius 3 is 2.68 bits per heavy atom. The number of benzene rings is 1. The molecule has 0 radical (unpaired) electrons. The van der Waals surface area contributed by atoms with Crippen molar-refractivity contribution in [2.45, 2.75) is 32.4 Å². The number of likely N-dealkylation sites (tertiary alicyclic amines) is 1. The van der Waals surface area contributed by atoms with E-state index in [2.05, 4.69) is 28.9 Å². The highest BCUT2D eigenvalue weighted by Crippen LogP contribution is 2.51. The Kier molecular flexibility index (Phi) is 5.88. The van der Waals surface area contributed by atoms with Crippen molar-refractivity contribution in [2.75, 3.05) is 20.2 Å². The van der Waals surface area contributed by atoms with E-state index in [1.54, 1.807) is 18.0 Å². The molecule has 0 bridgehead atoms. The van der Waals surface area contributed by atoms with Crippen LogP contribution >= 0.6 is 0 Å². The molecular weight excluding hydrogens is 432 g/mol. The molecule has 5 rings (SSSR count). The summed E-state index contributed by atoms with van der Waals surface area (Å²) in [5.74, 6) is 9.24. The fourth-order valence-electron chi connectivity index (χ4n) is 4.95. The van der Waals surface area contributed by atoms with Gasteiger partial charge in [-0.15, -0.1) is 0 Å². The van der Waals surface area contributed by atoms with Gasteiger partial charge in [0.15, 0.2) is 5.76 Å². The van der Waals surface area contributed by atoms with Gasteiger partial charge in [0.2, 0.25) is 0 Å². The van der Waals surface area contributed by atoms with Crippen molar-refractivity contribution in [1.29, 1.82) is 0 Å². The van der Waals surface area contributed by atoms with E-state index in [0.29, 0.717) is 29.3 Å². The smallest absolute Gasteiger partial charge is 0.409 e. The lowest BCUT2D eigenvalue weighted by Gasteiger charge is -2.17. The van der Waals surface area contributed by atoms with E-state index in [0.717, 1.165) is 36.3 Å². The molecule has 3 heterocycles. The summed E-state index contributed by atoms with van der Waals surface area (Å²) < 4.78 is 12.4. The fourth-order valence-corrected chi connectivity index (χ4v) is 4.95. The lowest BCUT2D eigenvalue weighted by atomic mass is 10.1. The van der Waals surface area contributed by atoms with Crippen LogP contribution in [-0.4, -0.2) is 51.0 Å². The van der Waals surface area contributed by atoms with Crippen LogP contribution in [0.2, 0.25) is 0 Å². The molecule has 1 amide bonds. The standard InChI is InChI=1S/C26H28N4O4/c1-4-23(30-12-11-27-25(30)16(2)31)22-13-24(34-28-22)18-8-5-17(6-9-18)7-10-19-20-14-29(15-21(19)20)26(32)33-3/h5-6,8-9,11-13,16,19-21,23,31H,4,14-15H2,1-3H3/t16-,19?,20-,21+,23+/m0/s1. The topological polar surface area (TPSA) is 93.6 Å². The summed E-state index contributed by atoms with van der Waals surface area (Å²) in [5, 5.41) is 14.3. The Labute approximate surface area is 198 Å². The predicted molar refractivity (Wildman–Crippen MR) is 125 cm³/mol. The van der Waals surface area contributed by atoms with Crippen molar-refractivity contribution in [2.24, 2.45) is 17.8 Å². The zero-order valence-corrected chi connectivity index (χ0v) is 19.5. The van der Waals surface area contributed by atoms with Crippen LogP contribution in [0.4, 0.5) is 4.79 Å². The fraction of sp³-hybridized carbons (Fsp3) is 0.423. The maximum absolute atomic E-state index is 11.6. The van der Waals surface area contributed by atoms with E-state index in [1.807, 2.05) is 41.1 Å². The van der Waals surface area contributed by atoms with E-state index >= 15 is 0 Å². The van der Waals surface area contributed by atoms with Gasteiger partial charge in [0.1, 0.15) is 17.6 Å². The number of piperidine rings is 1. The number of imidazole rings is 1. The van der Waals surface area contributed by atoms with Gasteiger partial charge in [-0.3, -0.25) is 0 Å². The summed E-state index contributed by atoms with van der Waals surface area (Å²) in [6.07, 6.45) is 3.43. The second-order valence-corrected chi connectivity index (χ2v) is 8.98. The molecule has 0 spiro atoms. The summed E-state index contributed by atoms with van der Waals surface area (Å²) in [6, 6.07) is 9.83. The van der Waals surface area contributed by atoms with Crippen LogP contribution in [0.5, 0.6) is 0 Å². The Balaban J connectivity index is 1.25. The molecule has 1 saturated carbocycles. The number of carbonyl (C=O) groups is 1. The highest BCUT2D eigenvalue weighted by molar-refractivity contribution is 5.68. The first-order valence-electron chi connectivity index (χ1n) is 11.6. The number of rotatable bonds is 5. The van der Waals surface area contributed by atoms with Crippen molar-refractivity contribution in [1.82, 2.24) is 19.6 Å². The number of nitrogens with zero attached hydrogens (tertiary/aromatic N) is 4. The third-order valence-corrected chi connectivity index (χ3v) is 6.84. The number of aromatic nitrogens is 3. The Bertz CT molecular complexity index is 1220. The second kappa shape index (κ2) is 8.99. The number of hydrogen-bond acceptors (Lipinski definition) is 6. The van der Waals surface area contributed by atoms with E-state index in [4.69, 9.17) is 9.26 Å². The van der Waals surface area contributed by atoms with E-state index in [1.165, 1.54) is 7.11 Å². The zero-order chi connectivity index (χ0) is 23.8. The van der Waals surface area contributed by atoms with Crippen LogP contribution in [0.1, 0.15) is 49.5 Å². The van der Waals surface area contributed by atoms with Crippen molar-refractivity contribution in [3.8, 4) is 23.2 Å². The Hall–Kier alpha value is -3.57. The zero-order valence-electron chi connectivity index (χ0n) is 19.5. The van der Waals surface area contributed by atoms with Crippen LogP contribution in [0.15, 0.2) is 47.2 Å². The van der Waals surface area contributed by atoms with Gasteiger partial charge in [-0.05, 0) is 49.4 Å². The first kappa shape index (κ1) is 22.2. The molecule has 2 aliphatic rings. The van der Waals surface area contributed by atoms with Crippen molar-refractivity contribution >= 4 is 6.09 Å². The summed E-state index contributed by atoms with van der Waals surface area (Å²) in [4.78, 5) is 17.6. The molecule has 1 aliphatic heterocycles. The van der Waals surface area contributed by atoms with Gasteiger partial charge in [0, 0.05) is 48.6 Å². The van der Waals surface area contributed by atoms with E-state index in [-0.39, 0.29) is 12.1 Å². The summed E-state index contributed by atoms with van der Waals surface area (Å²) in [7, 11) is 1.42. The Morgan fingerprint density at radius 1 is 1.29 bits per heavy atom. The van der Waals surface area contributed by atoms with Gasteiger partial charge in [0.25, 0.3) is 0 Å². The minimum absolute atomic E-state index is 0.0668. The molecule has 1 aliphatic carbocycles. The number of hydrogen-bond donors (Lipinski definition) is 1. The molecular formula is C26H28N4O4. The molecule has 1 aromatic carbocycles. The van der Waals surface area contributed by atoms with Gasteiger partial charge in [-0.1, -0.05) is 23.9 Å². The number of carbonyl (C=O) groups excluding carboxylic acids is 1. The van der Waals surface area contributed by atoms with Crippen molar-refractivity contribution in [3.05, 3.63) is 59.8 Å². The highest BCUT2D eigenvalue weighted by Gasteiger charge is 2.56. The van der Waals surface area contributed by atoms with Crippen molar-refractivity contribution < 1.29 is 19.2 Å². The number of methoxy groups -OCH3 is 1. The van der Waals surface area contributed by atoms with Crippen LogP contribution < -0.4 is 0 Å². The largest absolute Gasteiger partial charge is 0.453 e. The molecule has 5 atom stereocenters. The van der Waals surface area contributed by atoms with Crippen molar-refractivity contribution in [3.63, 3.8) is 0 Å². The summed E-state index contributed by atoms with van der Waals surface area (Å²) in [6.45, 7) is 5.25. The minimum Gasteiger partial charge on any atom is -0.453 e. The van der Waals surface area contributed by atoms with Gasteiger partial charge in [0.05, 0.1) is 13.2 Å². The second-order valence-electron chi connectivity index (χ2n) is 8.98. The molecule has 8 nitrogen and oxygen atoms in total. The number of fused-ring (bicyclic) bond motifs is 1. The normalized spacial score (nSPS) is 22.5. The number of amides is 1. The maximum atomic E-state index is 11.6. The first-order valence-corrected chi connectivity index (χ1v) is 11.6. The molecule has 1 saturated heterocycles. The van der Waals surface area contributed by atoms with Crippen LogP contribution in [0.25, 0.3) is 11.3 Å². The quantitative estimate of drug-likeness (QED) is 0.581. The average Bonchev–Trinajstić information content (AvgIpc) is 3.37. The summed E-state index contributed by atoms with van der Waals surface area (Å²) in [5.41, 5.74) is 2.67. The monoisotopic (exact) mass is 460 g/mol. The third kappa shape index (κ3) is 4.08. The molecule has 3 aromatic rings. The molecule has 2 aromatic heterocycles. The highest BCUT2D eigenvalue weighted by atomic mass is 16.5. The van der Waals surface area contributed by atoms with Gasteiger partial charge < -0.3 is 23.8 Å². The SMILES string of the molecule is CC[C@H](c1cc(-c2ccc(C#CC3[C@H]4CN(C(=O)OC)C[C@@H]34)cc2)on1)n1ccnc1[C@H](C)O. The number of aliphatic hydroxyl groups excluding tert-OH is 1. The van der Waals surface area contributed by atoms with E-state index < -0.39 is 6.10 Å². The first-order chi connectivity index (χ1) is 16.5. The maximum Gasteiger partial charge on any atom is 0.409 e. The lowest BCUT2D eigenvalue weighted by Crippen LogP contribution is -2.31. The Morgan fingerprint density at radius 2 is 2.03 bits per heavy atom. The van der Waals surface area contributed by atoms with Gasteiger partial charge in [-0.25, -0.2) is 9.78 Å². The van der Waals surface area contributed by atoms with Crippen LogP contribution in [-0.2, 0) is 4.74 Å².